The van der Waals surface area contributed by atoms with Crippen LogP contribution in [0.25, 0.3) is 16.9 Å². The number of halogens is 4. The Morgan fingerprint density at radius 1 is 1.08 bits per heavy atom. The molecule has 9 heteroatoms. The Morgan fingerprint density at radius 2 is 1.83 bits per heavy atom. The summed E-state index contributed by atoms with van der Waals surface area (Å²) in [4.78, 5) is 13.2. The fraction of sp³-hybridized carbons (Fsp3) is 0.333. The van der Waals surface area contributed by atoms with E-state index in [0.29, 0.717) is 67.8 Å². The molecule has 5 nitrogen and oxygen atoms in total. The number of nitrogens with one attached hydrogen (secondary N) is 2. The Hall–Kier alpha value is -2.02. The lowest BCUT2D eigenvalue weighted by molar-refractivity contribution is 0.0947. The minimum Gasteiger partial charge on any atom is -0.349 e. The van der Waals surface area contributed by atoms with E-state index in [0.717, 1.165) is 18.4 Å². The number of allylic oxidation sites excluding steroid dienone is 1. The van der Waals surface area contributed by atoms with Gasteiger partial charge < -0.3 is 10.6 Å². The van der Waals surface area contributed by atoms with E-state index in [-0.39, 0.29) is 5.91 Å². The van der Waals surface area contributed by atoms with Crippen molar-refractivity contribution in [2.24, 2.45) is 5.92 Å². The molecule has 0 fully saturated rings. The highest BCUT2D eigenvalue weighted by molar-refractivity contribution is 6.42. The zero-order valence-corrected chi connectivity index (χ0v) is 23.6. The van der Waals surface area contributed by atoms with Crippen molar-refractivity contribution in [2.45, 2.75) is 39.7 Å². The average molecular weight is 568 g/mol. The van der Waals surface area contributed by atoms with Crippen LogP contribution in [0.4, 0.5) is 0 Å². The molecule has 3 aromatic rings. The minimum atomic E-state index is -0.273. The van der Waals surface area contributed by atoms with Gasteiger partial charge in [0, 0.05) is 35.3 Å². The number of amides is 1. The molecular weight excluding hydrogens is 538 g/mol. The summed E-state index contributed by atoms with van der Waals surface area (Å²) in [5.41, 5.74) is 3.02. The molecule has 0 saturated carbocycles. The number of hydrogen-bond acceptors (Lipinski definition) is 3. The maximum atomic E-state index is 13.2. The summed E-state index contributed by atoms with van der Waals surface area (Å²) >= 11 is 25.0. The van der Waals surface area contributed by atoms with E-state index in [1.54, 1.807) is 35.0 Å². The Balaban J connectivity index is 1.87. The molecule has 192 valence electrons. The monoisotopic (exact) mass is 566 g/mol. The van der Waals surface area contributed by atoms with Gasteiger partial charge in [0.2, 0.25) is 0 Å². The van der Waals surface area contributed by atoms with Gasteiger partial charge >= 0.3 is 0 Å². The quantitative estimate of drug-likeness (QED) is 0.184. The predicted octanol–water partition coefficient (Wildman–Crippen LogP) is 7.77. The van der Waals surface area contributed by atoms with Crippen molar-refractivity contribution in [3.8, 4) is 16.9 Å². The van der Waals surface area contributed by atoms with Crippen LogP contribution in [0.3, 0.4) is 0 Å². The van der Waals surface area contributed by atoms with Crippen molar-refractivity contribution >= 4 is 52.3 Å². The standard InChI is InChI=1S/C27H30Cl4N4O/c1-5-7-18(6-2)17(4)32-12-13-33-27(36)25-16(3)26(19-8-10-21(29)22(30)14-19)35(34-25)24-11-9-20(28)15-23(24)31/h5,8-11,14-15,17-18,32H,1,6-7,12-13H2,2-4H3,(H,33,36). The smallest absolute Gasteiger partial charge is 0.272 e. The molecular formula is C27H30Cl4N4O. The van der Waals surface area contributed by atoms with Gasteiger partial charge in [-0.2, -0.15) is 5.10 Å². The van der Waals surface area contributed by atoms with Gasteiger partial charge in [-0.25, -0.2) is 4.68 Å². The van der Waals surface area contributed by atoms with E-state index in [4.69, 9.17) is 46.4 Å². The summed E-state index contributed by atoms with van der Waals surface area (Å²) in [5, 5.41) is 12.9. The molecule has 1 amide bonds. The number of hydrogen-bond donors (Lipinski definition) is 2. The maximum Gasteiger partial charge on any atom is 0.272 e. The summed E-state index contributed by atoms with van der Waals surface area (Å²) in [7, 11) is 0. The van der Waals surface area contributed by atoms with Crippen molar-refractivity contribution in [1.82, 2.24) is 20.4 Å². The Labute approximate surface area is 232 Å². The van der Waals surface area contributed by atoms with Crippen molar-refractivity contribution in [3.05, 3.63) is 80.4 Å². The highest BCUT2D eigenvalue weighted by atomic mass is 35.5. The molecule has 3 rings (SSSR count). The van der Waals surface area contributed by atoms with Crippen LogP contribution in [-0.4, -0.2) is 34.8 Å². The predicted molar refractivity (Wildman–Crippen MR) is 152 cm³/mol. The number of carbonyl (C=O) groups excluding carboxylic acids is 1. The Morgan fingerprint density at radius 3 is 2.47 bits per heavy atom. The summed E-state index contributed by atoms with van der Waals surface area (Å²) in [6, 6.07) is 10.7. The van der Waals surface area contributed by atoms with Gasteiger partial charge in [-0.1, -0.05) is 71.9 Å². The zero-order valence-electron chi connectivity index (χ0n) is 20.5. The first-order valence-corrected chi connectivity index (χ1v) is 13.3. The van der Waals surface area contributed by atoms with E-state index < -0.39 is 0 Å². The lowest BCUT2D eigenvalue weighted by Crippen LogP contribution is -2.39. The number of nitrogens with zero attached hydrogens (tertiary/aromatic N) is 2. The first-order chi connectivity index (χ1) is 17.2. The second-order valence-corrected chi connectivity index (χ2v) is 10.3. The van der Waals surface area contributed by atoms with Crippen LogP contribution in [0, 0.1) is 12.8 Å². The van der Waals surface area contributed by atoms with Crippen molar-refractivity contribution < 1.29 is 4.79 Å². The number of benzene rings is 2. The molecule has 2 atom stereocenters. The Bertz CT molecular complexity index is 1240. The molecule has 2 N–H and O–H groups in total. The van der Waals surface area contributed by atoms with Gasteiger partial charge in [-0.05, 0) is 56.5 Å². The normalized spacial score (nSPS) is 12.9. The first kappa shape index (κ1) is 28.5. The van der Waals surface area contributed by atoms with Crippen LogP contribution in [0.5, 0.6) is 0 Å². The Kier molecular flexibility index (Phi) is 10.3. The van der Waals surface area contributed by atoms with E-state index >= 15 is 0 Å². The molecule has 0 aliphatic carbocycles. The average Bonchev–Trinajstić information content (AvgIpc) is 3.18. The van der Waals surface area contributed by atoms with Gasteiger partial charge in [-0.15, -0.1) is 6.58 Å². The third-order valence-electron chi connectivity index (χ3n) is 6.25. The van der Waals surface area contributed by atoms with Crippen LogP contribution in [0.15, 0.2) is 49.1 Å². The van der Waals surface area contributed by atoms with Crippen LogP contribution < -0.4 is 10.6 Å². The van der Waals surface area contributed by atoms with E-state index in [2.05, 4.69) is 36.2 Å². The molecule has 36 heavy (non-hydrogen) atoms. The molecule has 0 saturated heterocycles. The van der Waals surface area contributed by atoms with Gasteiger partial charge in [-0.3, -0.25) is 4.79 Å². The summed E-state index contributed by atoms with van der Waals surface area (Å²) in [5.74, 6) is 0.235. The first-order valence-electron chi connectivity index (χ1n) is 11.8. The molecule has 0 aliphatic rings. The lowest BCUT2D eigenvalue weighted by atomic mass is 9.95. The SMILES string of the molecule is C=CCC(CC)C(C)NCCNC(=O)c1nn(-c2ccc(Cl)cc2Cl)c(-c2ccc(Cl)c(Cl)c2)c1C. The molecule has 0 spiro atoms. The largest absolute Gasteiger partial charge is 0.349 e. The molecule has 2 aromatic carbocycles. The topological polar surface area (TPSA) is 58.9 Å². The molecule has 0 bridgehead atoms. The third-order valence-corrected chi connectivity index (χ3v) is 7.52. The van der Waals surface area contributed by atoms with Gasteiger partial charge in [0.1, 0.15) is 0 Å². The van der Waals surface area contributed by atoms with Gasteiger partial charge in [0.05, 0.1) is 26.4 Å². The van der Waals surface area contributed by atoms with E-state index in [1.807, 2.05) is 19.1 Å². The molecule has 1 aromatic heterocycles. The highest BCUT2D eigenvalue weighted by Gasteiger charge is 2.23. The molecule has 1 heterocycles. The summed E-state index contributed by atoms with van der Waals surface area (Å²) in [6.45, 7) is 11.1. The zero-order chi connectivity index (χ0) is 26.4. The van der Waals surface area contributed by atoms with Crippen molar-refractivity contribution in [3.63, 3.8) is 0 Å². The van der Waals surface area contributed by atoms with E-state index in [9.17, 15) is 4.79 Å². The van der Waals surface area contributed by atoms with Crippen LogP contribution in [0.2, 0.25) is 20.1 Å². The van der Waals surface area contributed by atoms with Crippen LogP contribution >= 0.6 is 46.4 Å². The lowest BCUT2D eigenvalue weighted by Gasteiger charge is -2.22. The van der Waals surface area contributed by atoms with Crippen LogP contribution in [0.1, 0.15) is 42.7 Å². The summed E-state index contributed by atoms with van der Waals surface area (Å²) < 4.78 is 1.64. The molecule has 0 radical (unpaired) electrons. The summed E-state index contributed by atoms with van der Waals surface area (Å²) in [6.07, 6.45) is 3.97. The van der Waals surface area contributed by atoms with Gasteiger partial charge in [0.15, 0.2) is 5.69 Å². The van der Waals surface area contributed by atoms with Crippen molar-refractivity contribution in [2.75, 3.05) is 13.1 Å². The van der Waals surface area contributed by atoms with Crippen molar-refractivity contribution in [1.29, 1.82) is 0 Å². The second kappa shape index (κ2) is 13.0. The molecule has 2 unspecified atom stereocenters. The molecule has 0 aliphatic heterocycles. The van der Waals surface area contributed by atoms with Crippen LogP contribution in [-0.2, 0) is 0 Å². The second-order valence-electron chi connectivity index (χ2n) is 8.65. The number of rotatable bonds is 11. The fourth-order valence-corrected chi connectivity index (χ4v) is 4.97. The highest BCUT2D eigenvalue weighted by Crippen LogP contribution is 2.35. The minimum absolute atomic E-state index is 0.273. The fourth-order valence-electron chi connectivity index (χ4n) is 4.19. The number of aromatic nitrogens is 2. The third kappa shape index (κ3) is 6.64. The maximum absolute atomic E-state index is 13.2. The van der Waals surface area contributed by atoms with E-state index in [1.165, 1.54) is 0 Å². The van der Waals surface area contributed by atoms with Gasteiger partial charge in [0.25, 0.3) is 5.91 Å². The number of carbonyl (C=O) groups is 1.